The Bertz CT molecular complexity index is 3450. The summed E-state index contributed by atoms with van der Waals surface area (Å²) in [5, 5.41) is 6.87. The molecule has 0 saturated carbocycles. The molecule has 8 aromatic carbocycles. The Kier molecular flexibility index (Phi) is 6.44. The predicted octanol–water partition coefficient (Wildman–Crippen LogP) is 14.3. The van der Waals surface area contributed by atoms with Crippen LogP contribution in [0.25, 0.3) is 92.2 Å². The van der Waals surface area contributed by atoms with E-state index in [1.807, 2.05) is 47.7 Å². The van der Waals surface area contributed by atoms with Crippen LogP contribution in [0.1, 0.15) is 0 Å². The zero-order valence-electron chi connectivity index (χ0n) is 29.3. The van der Waals surface area contributed by atoms with Crippen LogP contribution < -0.4 is 4.90 Å². The van der Waals surface area contributed by atoms with Gasteiger partial charge in [-0.15, -0.1) is 11.3 Å². The van der Waals surface area contributed by atoms with Crippen molar-refractivity contribution in [2.24, 2.45) is 0 Å². The summed E-state index contributed by atoms with van der Waals surface area (Å²) in [6.07, 6.45) is 0. The second kappa shape index (κ2) is 11.7. The average molecular weight is 724 g/mol. The minimum absolute atomic E-state index is 0.590. The van der Waals surface area contributed by atoms with Gasteiger partial charge in [0.25, 0.3) is 0 Å². The molecule has 6 heteroatoms. The largest absolute Gasteiger partial charge is 0.456 e. The number of aromatic nitrogens is 2. The van der Waals surface area contributed by atoms with Crippen molar-refractivity contribution >= 4 is 103 Å². The van der Waals surface area contributed by atoms with Gasteiger partial charge in [0.1, 0.15) is 16.7 Å². The SMILES string of the molecule is c1ccc(-c2nc3cc4c(cc3o2)oc2cccc(N(c3cccc5c3sc3ccccc35)c3cccc5c3c3ccccc3n5-c3ccccc3)c24)cc1. The van der Waals surface area contributed by atoms with Crippen LogP contribution in [0.3, 0.4) is 0 Å². The van der Waals surface area contributed by atoms with Crippen molar-refractivity contribution in [1.82, 2.24) is 9.55 Å². The normalized spacial score (nSPS) is 12.0. The average Bonchev–Trinajstić information content (AvgIpc) is 4.01. The fourth-order valence-corrected chi connectivity index (χ4v) is 9.67. The maximum Gasteiger partial charge on any atom is 0.227 e. The Morgan fingerprint density at radius 3 is 2.02 bits per heavy atom. The van der Waals surface area contributed by atoms with E-state index in [1.54, 1.807) is 0 Å². The van der Waals surface area contributed by atoms with Crippen LogP contribution in [-0.4, -0.2) is 9.55 Å². The number of nitrogens with zero attached hydrogens (tertiary/aromatic N) is 3. The maximum atomic E-state index is 6.68. The van der Waals surface area contributed by atoms with Crippen molar-refractivity contribution < 1.29 is 8.83 Å². The highest BCUT2D eigenvalue weighted by molar-refractivity contribution is 7.26. The second-order valence-electron chi connectivity index (χ2n) is 13.9. The molecule has 0 amide bonds. The summed E-state index contributed by atoms with van der Waals surface area (Å²) < 4.78 is 17.8. The number of rotatable bonds is 5. The highest BCUT2D eigenvalue weighted by Gasteiger charge is 2.26. The summed E-state index contributed by atoms with van der Waals surface area (Å²) in [4.78, 5) is 7.42. The number of oxazole rings is 1. The van der Waals surface area contributed by atoms with Gasteiger partial charge in [0.15, 0.2) is 5.58 Å². The molecule has 0 aliphatic rings. The molecule has 0 aliphatic carbocycles. The lowest BCUT2D eigenvalue weighted by Crippen LogP contribution is -2.11. The first-order valence-corrected chi connectivity index (χ1v) is 19.2. The van der Waals surface area contributed by atoms with Crippen molar-refractivity contribution in [2.75, 3.05) is 4.90 Å². The molecule has 0 aliphatic heterocycles. The van der Waals surface area contributed by atoms with E-state index in [2.05, 4.69) is 149 Å². The molecule has 5 nitrogen and oxygen atoms in total. The molecule has 258 valence electrons. The Morgan fingerprint density at radius 1 is 0.473 bits per heavy atom. The zero-order chi connectivity index (χ0) is 36.0. The number of para-hydroxylation sites is 2. The number of anilines is 3. The Morgan fingerprint density at radius 2 is 1.15 bits per heavy atom. The highest BCUT2D eigenvalue weighted by atomic mass is 32.1. The quantitative estimate of drug-likeness (QED) is 0.177. The van der Waals surface area contributed by atoms with Crippen LogP contribution in [0, 0.1) is 0 Å². The van der Waals surface area contributed by atoms with E-state index in [1.165, 1.54) is 30.9 Å². The first kappa shape index (κ1) is 30.3. The van der Waals surface area contributed by atoms with Crippen molar-refractivity contribution in [1.29, 1.82) is 0 Å². The molecule has 4 heterocycles. The number of fused-ring (bicyclic) bond motifs is 10. The molecule has 0 N–H and O–H groups in total. The van der Waals surface area contributed by atoms with Gasteiger partial charge in [-0.1, -0.05) is 97.1 Å². The highest BCUT2D eigenvalue weighted by Crippen LogP contribution is 2.51. The van der Waals surface area contributed by atoms with E-state index >= 15 is 0 Å². The summed E-state index contributed by atoms with van der Waals surface area (Å²) >= 11 is 1.84. The Balaban J connectivity index is 1.20. The minimum Gasteiger partial charge on any atom is -0.456 e. The van der Waals surface area contributed by atoms with Crippen molar-refractivity contribution in [2.45, 2.75) is 0 Å². The molecule has 0 radical (unpaired) electrons. The van der Waals surface area contributed by atoms with E-state index in [-0.39, 0.29) is 0 Å². The summed E-state index contributed by atoms with van der Waals surface area (Å²) in [5.41, 5.74) is 10.6. The molecule has 0 bridgehead atoms. The third kappa shape index (κ3) is 4.49. The first-order chi connectivity index (χ1) is 27.3. The topological polar surface area (TPSA) is 47.3 Å². The smallest absolute Gasteiger partial charge is 0.227 e. The fraction of sp³-hybridized carbons (Fsp3) is 0. The number of furan rings is 1. The first-order valence-electron chi connectivity index (χ1n) is 18.4. The molecule has 0 unspecified atom stereocenters. The van der Waals surface area contributed by atoms with Crippen molar-refractivity contribution in [3.05, 3.63) is 176 Å². The Hall–Kier alpha value is -7.15. The molecule has 0 fully saturated rings. The number of hydrogen-bond acceptors (Lipinski definition) is 5. The van der Waals surface area contributed by atoms with Crippen LogP contribution in [-0.2, 0) is 0 Å². The van der Waals surface area contributed by atoms with E-state index in [9.17, 15) is 0 Å². The van der Waals surface area contributed by atoms with Gasteiger partial charge in [0.2, 0.25) is 5.89 Å². The summed E-state index contributed by atoms with van der Waals surface area (Å²) in [6.45, 7) is 0. The molecule has 0 spiro atoms. The van der Waals surface area contributed by atoms with Gasteiger partial charge in [-0.25, -0.2) is 4.98 Å². The fourth-order valence-electron chi connectivity index (χ4n) is 8.46. The third-order valence-electron chi connectivity index (χ3n) is 10.8. The third-order valence-corrected chi connectivity index (χ3v) is 12.0. The summed E-state index contributed by atoms with van der Waals surface area (Å²) in [5.74, 6) is 0.590. The van der Waals surface area contributed by atoms with Gasteiger partial charge in [0.05, 0.1) is 38.2 Å². The van der Waals surface area contributed by atoms with Gasteiger partial charge >= 0.3 is 0 Å². The predicted molar refractivity (Wildman–Crippen MR) is 229 cm³/mol. The monoisotopic (exact) mass is 723 g/mol. The Labute approximate surface area is 318 Å². The second-order valence-corrected chi connectivity index (χ2v) is 15.0. The maximum absolute atomic E-state index is 6.68. The van der Waals surface area contributed by atoms with E-state index in [0.717, 1.165) is 66.8 Å². The zero-order valence-corrected chi connectivity index (χ0v) is 30.1. The van der Waals surface area contributed by atoms with Gasteiger partial charge in [-0.2, -0.15) is 0 Å². The standard InChI is InChI=1S/C49H29N3O2S/c1-3-14-30(15-4-1)49-50-36-28-35-43(29-44(36)54-49)53-42-26-13-24-40(47(35)42)52(41-25-11-20-33-32-18-8-10-27-45(32)55-48(33)41)39-23-12-22-38-46(39)34-19-7-9-21-37(34)51(38)31-16-5-2-6-17-31/h1-29H. The minimum atomic E-state index is 0.590. The molecular weight excluding hydrogens is 695 g/mol. The molecule has 12 aromatic rings. The van der Waals surface area contributed by atoms with Gasteiger partial charge in [0, 0.05) is 48.9 Å². The van der Waals surface area contributed by atoms with Crippen LogP contribution >= 0.6 is 11.3 Å². The van der Waals surface area contributed by atoms with E-state index in [4.69, 9.17) is 13.8 Å². The van der Waals surface area contributed by atoms with Crippen molar-refractivity contribution in [3.63, 3.8) is 0 Å². The lowest BCUT2D eigenvalue weighted by molar-refractivity contribution is 0.617. The van der Waals surface area contributed by atoms with Crippen LogP contribution in [0.5, 0.6) is 0 Å². The lowest BCUT2D eigenvalue weighted by atomic mass is 10.0. The number of hydrogen-bond donors (Lipinski definition) is 0. The van der Waals surface area contributed by atoms with Gasteiger partial charge in [-0.3, -0.25) is 0 Å². The van der Waals surface area contributed by atoms with Gasteiger partial charge in [-0.05, 0) is 72.8 Å². The van der Waals surface area contributed by atoms with Crippen LogP contribution in [0.4, 0.5) is 17.1 Å². The van der Waals surface area contributed by atoms with Crippen LogP contribution in [0.15, 0.2) is 185 Å². The van der Waals surface area contributed by atoms with E-state index < -0.39 is 0 Å². The molecule has 12 rings (SSSR count). The molecular formula is C49H29N3O2S. The molecule has 55 heavy (non-hydrogen) atoms. The molecule has 0 saturated heterocycles. The number of thiophene rings is 1. The number of benzene rings is 8. The molecule has 0 atom stereocenters. The van der Waals surface area contributed by atoms with Gasteiger partial charge < -0.3 is 18.3 Å². The lowest BCUT2D eigenvalue weighted by Gasteiger charge is -2.27. The molecule has 4 aromatic heterocycles. The summed E-state index contributed by atoms with van der Waals surface area (Å²) in [7, 11) is 0. The van der Waals surface area contributed by atoms with Crippen molar-refractivity contribution in [3.8, 4) is 17.1 Å². The van der Waals surface area contributed by atoms with Crippen LogP contribution in [0.2, 0.25) is 0 Å². The van der Waals surface area contributed by atoms with E-state index in [0.29, 0.717) is 11.5 Å². The summed E-state index contributed by atoms with van der Waals surface area (Å²) in [6, 6.07) is 62.0.